The molecule has 0 radical (unpaired) electrons. The Hall–Kier alpha value is -1.33. The fourth-order valence-corrected chi connectivity index (χ4v) is 1.86. The lowest BCUT2D eigenvalue weighted by atomic mass is 9.77. The van der Waals surface area contributed by atoms with Crippen LogP contribution in [0.3, 0.4) is 0 Å². The number of carboxylic acids is 1. The average Bonchev–Trinajstić information content (AvgIpc) is 2.65. The Morgan fingerprint density at radius 1 is 1.50 bits per heavy atom. The number of furan rings is 1. The van der Waals surface area contributed by atoms with Gasteiger partial charge in [0.05, 0.1) is 13.2 Å². The number of aliphatic hydroxyl groups is 1. The van der Waals surface area contributed by atoms with Crippen molar-refractivity contribution >= 4 is 5.97 Å². The van der Waals surface area contributed by atoms with Crippen LogP contribution in [0.15, 0.2) is 16.5 Å². The molecular formula is C11H15NO4. The maximum absolute atomic E-state index is 10.6. The van der Waals surface area contributed by atoms with E-state index in [1.807, 2.05) is 0 Å². The minimum absolute atomic E-state index is 0.0524. The van der Waals surface area contributed by atoms with E-state index in [0.717, 1.165) is 19.3 Å². The zero-order valence-electron chi connectivity index (χ0n) is 8.90. The summed E-state index contributed by atoms with van der Waals surface area (Å²) in [6.07, 6.45) is 3.03. The van der Waals surface area contributed by atoms with Crippen molar-refractivity contribution < 1.29 is 19.4 Å². The van der Waals surface area contributed by atoms with Gasteiger partial charge in [-0.05, 0) is 31.4 Å². The molecule has 16 heavy (non-hydrogen) atoms. The first-order valence-corrected chi connectivity index (χ1v) is 5.33. The summed E-state index contributed by atoms with van der Waals surface area (Å²) in [5.74, 6) is -0.535. The van der Waals surface area contributed by atoms with Crippen molar-refractivity contribution in [2.45, 2.75) is 31.3 Å². The third-order valence-corrected chi connectivity index (χ3v) is 3.12. The number of hydrogen-bond donors (Lipinski definition) is 3. The van der Waals surface area contributed by atoms with Gasteiger partial charge in [-0.15, -0.1) is 0 Å². The summed E-state index contributed by atoms with van der Waals surface area (Å²) in [5, 5.41) is 21.1. The van der Waals surface area contributed by atoms with E-state index in [2.05, 4.69) is 5.32 Å². The molecule has 0 saturated heterocycles. The van der Waals surface area contributed by atoms with Crippen LogP contribution < -0.4 is 5.32 Å². The van der Waals surface area contributed by atoms with Crippen LogP contribution in [0, 0.1) is 0 Å². The van der Waals surface area contributed by atoms with Crippen molar-refractivity contribution in [3.8, 4) is 0 Å². The molecular weight excluding hydrogens is 210 g/mol. The lowest BCUT2D eigenvalue weighted by molar-refractivity contribution is 0.0655. The van der Waals surface area contributed by atoms with Crippen molar-refractivity contribution in [1.82, 2.24) is 5.32 Å². The summed E-state index contributed by atoms with van der Waals surface area (Å²) in [6.45, 7) is 0.563. The molecule has 1 aliphatic rings. The highest BCUT2D eigenvalue weighted by Gasteiger charge is 2.35. The molecule has 3 N–H and O–H groups in total. The molecule has 2 rings (SSSR count). The topological polar surface area (TPSA) is 82.7 Å². The Balaban J connectivity index is 1.91. The number of carboxylic acid groups (broad SMARTS) is 1. The second-order valence-corrected chi connectivity index (χ2v) is 4.22. The van der Waals surface area contributed by atoms with E-state index in [0.29, 0.717) is 12.3 Å². The molecule has 0 amide bonds. The third kappa shape index (κ3) is 2.10. The Morgan fingerprint density at radius 2 is 2.25 bits per heavy atom. The smallest absolute Gasteiger partial charge is 0.371 e. The molecule has 5 nitrogen and oxygen atoms in total. The van der Waals surface area contributed by atoms with Crippen molar-refractivity contribution in [1.29, 1.82) is 0 Å². The number of aromatic carboxylic acids is 1. The normalized spacial score (nSPS) is 18.1. The number of aliphatic hydroxyl groups excluding tert-OH is 1. The molecule has 1 saturated carbocycles. The fraction of sp³-hybridized carbons (Fsp3) is 0.545. The lowest BCUT2D eigenvalue weighted by Crippen LogP contribution is -2.53. The summed E-state index contributed by atoms with van der Waals surface area (Å²) in [4.78, 5) is 10.6. The molecule has 88 valence electrons. The Bertz CT molecular complexity index is 376. The van der Waals surface area contributed by atoms with Gasteiger partial charge in [0, 0.05) is 5.54 Å². The summed E-state index contributed by atoms with van der Waals surface area (Å²) in [6, 6.07) is 3.08. The number of nitrogens with one attached hydrogen (secondary N) is 1. The van der Waals surface area contributed by atoms with E-state index in [9.17, 15) is 9.90 Å². The first kappa shape index (κ1) is 11.2. The van der Waals surface area contributed by atoms with E-state index in [1.165, 1.54) is 6.07 Å². The van der Waals surface area contributed by atoms with Crippen LogP contribution in [0.25, 0.3) is 0 Å². The lowest BCUT2D eigenvalue weighted by Gasteiger charge is -2.41. The first-order chi connectivity index (χ1) is 7.65. The summed E-state index contributed by atoms with van der Waals surface area (Å²) in [5.41, 5.74) is -0.184. The van der Waals surface area contributed by atoms with Gasteiger partial charge in [0.2, 0.25) is 5.76 Å². The molecule has 1 aromatic heterocycles. The van der Waals surface area contributed by atoms with Gasteiger partial charge in [0.15, 0.2) is 0 Å². The average molecular weight is 225 g/mol. The number of hydrogen-bond acceptors (Lipinski definition) is 4. The molecule has 1 aliphatic carbocycles. The maximum atomic E-state index is 10.6. The summed E-state index contributed by atoms with van der Waals surface area (Å²) < 4.78 is 5.11. The monoisotopic (exact) mass is 225 g/mol. The van der Waals surface area contributed by atoms with E-state index >= 15 is 0 Å². The number of rotatable bonds is 5. The Morgan fingerprint density at radius 3 is 2.69 bits per heavy atom. The largest absolute Gasteiger partial charge is 0.475 e. The van der Waals surface area contributed by atoms with Crippen LogP contribution in [0.2, 0.25) is 0 Å². The zero-order chi connectivity index (χ0) is 11.6. The van der Waals surface area contributed by atoms with Crippen LogP contribution in [-0.4, -0.2) is 28.3 Å². The maximum Gasteiger partial charge on any atom is 0.371 e. The van der Waals surface area contributed by atoms with Gasteiger partial charge in [0.25, 0.3) is 0 Å². The van der Waals surface area contributed by atoms with Crippen LogP contribution >= 0.6 is 0 Å². The van der Waals surface area contributed by atoms with E-state index in [-0.39, 0.29) is 17.9 Å². The molecule has 0 atom stereocenters. The van der Waals surface area contributed by atoms with Crippen molar-refractivity contribution in [3.05, 3.63) is 23.7 Å². The molecule has 0 bridgehead atoms. The van der Waals surface area contributed by atoms with E-state index in [4.69, 9.17) is 9.52 Å². The SMILES string of the molecule is O=C(O)c1ccc(CNC2(CO)CCC2)o1. The van der Waals surface area contributed by atoms with Gasteiger partial charge in [0.1, 0.15) is 5.76 Å². The van der Waals surface area contributed by atoms with Gasteiger partial charge in [-0.2, -0.15) is 0 Å². The standard InChI is InChI=1S/C11H15NO4/c13-7-11(4-1-5-11)12-6-8-2-3-9(16-8)10(14)15/h2-3,12-13H,1,4-7H2,(H,14,15). The predicted molar refractivity (Wildman–Crippen MR) is 56.2 cm³/mol. The molecule has 0 unspecified atom stereocenters. The van der Waals surface area contributed by atoms with Crippen LogP contribution in [0.5, 0.6) is 0 Å². The van der Waals surface area contributed by atoms with Crippen molar-refractivity contribution in [2.75, 3.05) is 6.61 Å². The zero-order valence-corrected chi connectivity index (χ0v) is 8.90. The molecule has 0 aromatic carbocycles. The molecule has 1 fully saturated rings. The Labute approximate surface area is 93.1 Å². The molecule has 0 aliphatic heterocycles. The first-order valence-electron chi connectivity index (χ1n) is 5.33. The summed E-state index contributed by atoms with van der Waals surface area (Å²) >= 11 is 0. The Kier molecular flexibility index (Phi) is 2.98. The van der Waals surface area contributed by atoms with Crippen molar-refractivity contribution in [3.63, 3.8) is 0 Å². The second kappa shape index (κ2) is 4.27. The van der Waals surface area contributed by atoms with E-state index < -0.39 is 5.97 Å². The van der Waals surface area contributed by atoms with Gasteiger partial charge < -0.3 is 19.9 Å². The highest BCUT2D eigenvalue weighted by Crippen LogP contribution is 2.31. The third-order valence-electron chi connectivity index (χ3n) is 3.12. The van der Waals surface area contributed by atoms with Gasteiger partial charge in [-0.3, -0.25) is 0 Å². The molecule has 1 heterocycles. The predicted octanol–water partition coefficient (Wildman–Crippen LogP) is 0.982. The minimum atomic E-state index is -1.06. The second-order valence-electron chi connectivity index (χ2n) is 4.22. The number of carbonyl (C=O) groups is 1. The minimum Gasteiger partial charge on any atom is -0.475 e. The quantitative estimate of drug-likeness (QED) is 0.695. The molecule has 5 heteroatoms. The van der Waals surface area contributed by atoms with E-state index in [1.54, 1.807) is 6.07 Å². The van der Waals surface area contributed by atoms with Gasteiger partial charge in [-0.25, -0.2) is 4.79 Å². The van der Waals surface area contributed by atoms with Gasteiger partial charge in [-0.1, -0.05) is 0 Å². The highest BCUT2D eigenvalue weighted by atomic mass is 16.4. The highest BCUT2D eigenvalue weighted by molar-refractivity contribution is 5.84. The van der Waals surface area contributed by atoms with Crippen molar-refractivity contribution in [2.24, 2.45) is 0 Å². The van der Waals surface area contributed by atoms with Crippen LogP contribution in [-0.2, 0) is 6.54 Å². The molecule has 1 aromatic rings. The summed E-state index contributed by atoms with van der Waals surface area (Å²) in [7, 11) is 0. The fourth-order valence-electron chi connectivity index (χ4n) is 1.86. The molecule has 0 spiro atoms. The van der Waals surface area contributed by atoms with Gasteiger partial charge >= 0.3 is 5.97 Å². The van der Waals surface area contributed by atoms with Crippen LogP contribution in [0.4, 0.5) is 0 Å². The van der Waals surface area contributed by atoms with Crippen LogP contribution in [0.1, 0.15) is 35.6 Å².